The minimum absolute atomic E-state index is 0.218. The number of carbonyl (C=O) groups excluding carboxylic acids is 1. The SMILES string of the molecule is CN1CCC2(CC(=O)CO2)C1c1ccccc1. The number of benzene rings is 1. The molecule has 0 aromatic heterocycles. The van der Waals surface area contributed by atoms with Gasteiger partial charge in [0, 0.05) is 13.0 Å². The van der Waals surface area contributed by atoms with Gasteiger partial charge in [-0.25, -0.2) is 0 Å². The van der Waals surface area contributed by atoms with Crippen LogP contribution >= 0.6 is 0 Å². The van der Waals surface area contributed by atoms with Crippen LogP contribution in [0.5, 0.6) is 0 Å². The Morgan fingerprint density at radius 1 is 1.35 bits per heavy atom. The lowest BCUT2D eigenvalue weighted by molar-refractivity contribution is -0.117. The van der Waals surface area contributed by atoms with Gasteiger partial charge >= 0.3 is 0 Å². The molecule has 17 heavy (non-hydrogen) atoms. The van der Waals surface area contributed by atoms with Crippen molar-refractivity contribution in [3.8, 4) is 0 Å². The van der Waals surface area contributed by atoms with Gasteiger partial charge in [-0.15, -0.1) is 0 Å². The van der Waals surface area contributed by atoms with Crippen molar-refractivity contribution < 1.29 is 9.53 Å². The van der Waals surface area contributed by atoms with Gasteiger partial charge < -0.3 is 4.74 Å². The van der Waals surface area contributed by atoms with Crippen LogP contribution in [0.15, 0.2) is 30.3 Å². The Labute approximate surface area is 101 Å². The van der Waals surface area contributed by atoms with E-state index < -0.39 is 0 Å². The van der Waals surface area contributed by atoms with Crippen molar-refractivity contribution >= 4 is 5.78 Å². The Morgan fingerprint density at radius 2 is 2.12 bits per heavy atom. The third-order valence-corrected chi connectivity index (χ3v) is 3.96. The molecule has 2 heterocycles. The molecule has 2 saturated heterocycles. The van der Waals surface area contributed by atoms with Crippen LogP contribution in [0.1, 0.15) is 24.4 Å². The Morgan fingerprint density at radius 3 is 2.76 bits per heavy atom. The smallest absolute Gasteiger partial charge is 0.161 e. The lowest BCUT2D eigenvalue weighted by Gasteiger charge is -2.32. The standard InChI is InChI=1S/C14H17NO2/c1-15-8-7-14(9-12(16)10-17-14)13(15)11-5-3-2-4-6-11/h2-6,13H,7-10H2,1H3. The summed E-state index contributed by atoms with van der Waals surface area (Å²) < 4.78 is 5.86. The minimum Gasteiger partial charge on any atom is -0.365 e. The first kappa shape index (κ1) is 10.9. The maximum atomic E-state index is 11.5. The van der Waals surface area contributed by atoms with E-state index in [1.165, 1.54) is 5.56 Å². The highest BCUT2D eigenvalue weighted by atomic mass is 16.5. The molecule has 2 aliphatic heterocycles. The summed E-state index contributed by atoms with van der Waals surface area (Å²) in [7, 11) is 2.11. The van der Waals surface area contributed by atoms with E-state index in [4.69, 9.17) is 4.74 Å². The first-order valence-electron chi connectivity index (χ1n) is 6.12. The number of hydrogen-bond acceptors (Lipinski definition) is 3. The largest absolute Gasteiger partial charge is 0.365 e. The van der Waals surface area contributed by atoms with E-state index >= 15 is 0 Å². The molecule has 0 aliphatic carbocycles. The number of likely N-dealkylation sites (tertiary alicyclic amines) is 1. The van der Waals surface area contributed by atoms with Crippen molar-refractivity contribution in [1.29, 1.82) is 0 Å². The molecule has 1 spiro atoms. The first-order chi connectivity index (χ1) is 8.21. The van der Waals surface area contributed by atoms with Gasteiger partial charge in [0.25, 0.3) is 0 Å². The third kappa shape index (κ3) is 1.70. The molecule has 0 amide bonds. The van der Waals surface area contributed by atoms with Crippen LogP contribution in [0.2, 0.25) is 0 Å². The normalized spacial score (nSPS) is 33.7. The van der Waals surface area contributed by atoms with Gasteiger partial charge in [-0.3, -0.25) is 9.69 Å². The summed E-state index contributed by atoms with van der Waals surface area (Å²) in [6.45, 7) is 1.28. The molecule has 3 nitrogen and oxygen atoms in total. The quantitative estimate of drug-likeness (QED) is 0.738. The van der Waals surface area contributed by atoms with Crippen molar-refractivity contribution in [2.75, 3.05) is 20.2 Å². The number of rotatable bonds is 1. The number of carbonyl (C=O) groups is 1. The molecule has 0 N–H and O–H groups in total. The summed E-state index contributed by atoms with van der Waals surface area (Å²) in [6.07, 6.45) is 1.52. The van der Waals surface area contributed by atoms with E-state index in [2.05, 4.69) is 24.1 Å². The van der Waals surface area contributed by atoms with Crippen LogP contribution in [0.4, 0.5) is 0 Å². The highest BCUT2D eigenvalue weighted by Gasteiger charge is 2.52. The lowest BCUT2D eigenvalue weighted by atomic mass is 9.86. The van der Waals surface area contributed by atoms with Gasteiger partial charge in [0.15, 0.2) is 5.78 Å². The zero-order valence-corrected chi connectivity index (χ0v) is 10.1. The minimum atomic E-state index is -0.271. The third-order valence-electron chi connectivity index (χ3n) is 3.96. The molecule has 2 fully saturated rings. The maximum absolute atomic E-state index is 11.5. The summed E-state index contributed by atoms with van der Waals surface area (Å²) in [4.78, 5) is 13.8. The molecule has 1 aromatic carbocycles. The fraction of sp³-hybridized carbons (Fsp3) is 0.500. The first-order valence-corrected chi connectivity index (χ1v) is 6.12. The van der Waals surface area contributed by atoms with E-state index in [1.54, 1.807) is 0 Å². The van der Waals surface area contributed by atoms with E-state index in [0.29, 0.717) is 6.42 Å². The molecule has 0 radical (unpaired) electrons. The molecular weight excluding hydrogens is 214 g/mol. The van der Waals surface area contributed by atoms with Crippen LogP contribution in [0.25, 0.3) is 0 Å². The predicted octanol–water partition coefficient (Wildman–Crippen LogP) is 1.79. The van der Waals surface area contributed by atoms with E-state index in [9.17, 15) is 4.79 Å². The van der Waals surface area contributed by atoms with Crippen molar-refractivity contribution in [2.24, 2.45) is 0 Å². The topological polar surface area (TPSA) is 29.5 Å². The fourth-order valence-electron chi connectivity index (χ4n) is 3.22. The molecule has 0 bridgehead atoms. The summed E-state index contributed by atoms with van der Waals surface area (Å²) >= 11 is 0. The van der Waals surface area contributed by atoms with E-state index in [0.717, 1.165) is 13.0 Å². The second-order valence-electron chi connectivity index (χ2n) is 5.11. The summed E-state index contributed by atoms with van der Waals surface area (Å²) in [5.74, 6) is 0.237. The number of ether oxygens (including phenoxy) is 1. The highest BCUT2D eigenvalue weighted by Crippen LogP contribution is 2.46. The Hall–Kier alpha value is -1.19. The second kappa shape index (κ2) is 3.93. The zero-order chi connectivity index (χ0) is 11.9. The highest BCUT2D eigenvalue weighted by molar-refractivity contribution is 5.83. The molecule has 90 valence electrons. The van der Waals surface area contributed by atoms with E-state index in [1.807, 2.05) is 18.2 Å². The van der Waals surface area contributed by atoms with Crippen LogP contribution in [0.3, 0.4) is 0 Å². The molecule has 3 heteroatoms. The molecule has 3 rings (SSSR count). The van der Waals surface area contributed by atoms with Crippen LogP contribution < -0.4 is 0 Å². The fourth-order valence-corrected chi connectivity index (χ4v) is 3.22. The van der Waals surface area contributed by atoms with Gasteiger partial charge in [-0.2, -0.15) is 0 Å². The number of ketones is 1. The lowest BCUT2D eigenvalue weighted by Crippen LogP contribution is -2.35. The van der Waals surface area contributed by atoms with Crippen molar-refractivity contribution in [2.45, 2.75) is 24.5 Å². The number of hydrogen-bond donors (Lipinski definition) is 0. The molecule has 2 atom stereocenters. The second-order valence-corrected chi connectivity index (χ2v) is 5.11. The Balaban J connectivity index is 1.98. The van der Waals surface area contributed by atoms with Gasteiger partial charge in [0.1, 0.15) is 6.61 Å². The van der Waals surface area contributed by atoms with Crippen molar-refractivity contribution in [3.63, 3.8) is 0 Å². The molecule has 1 aromatic rings. The van der Waals surface area contributed by atoms with Gasteiger partial charge in [-0.1, -0.05) is 30.3 Å². The van der Waals surface area contributed by atoms with Crippen LogP contribution in [0, 0.1) is 0 Å². The molecule has 0 saturated carbocycles. The Kier molecular flexibility index (Phi) is 2.53. The van der Waals surface area contributed by atoms with Crippen molar-refractivity contribution in [1.82, 2.24) is 4.90 Å². The number of nitrogens with zero attached hydrogens (tertiary/aromatic N) is 1. The summed E-state index contributed by atoms with van der Waals surface area (Å²) in [6, 6.07) is 10.6. The van der Waals surface area contributed by atoms with Crippen molar-refractivity contribution in [3.05, 3.63) is 35.9 Å². The summed E-state index contributed by atoms with van der Waals surface area (Å²) in [5.41, 5.74) is 0.981. The number of Topliss-reactive ketones (excluding diaryl/α,β-unsaturated/α-hetero) is 1. The molecular formula is C14H17NO2. The molecule has 2 unspecified atom stereocenters. The monoisotopic (exact) mass is 231 g/mol. The average molecular weight is 231 g/mol. The molecule has 2 aliphatic rings. The maximum Gasteiger partial charge on any atom is 0.161 e. The van der Waals surface area contributed by atoms with E-state index in [-0.39, 0.29) is 24.0 Å². The van der Waals surface area contributed by atoms with Gasteiger partial charge in [-0.05, 0) is 19.0 Å². The van der Waals surface area contributed by atoms with Crippen LogP contribution in [-0.2, 0) is 9.53 Å². The van der Waals surface area contributed by atoms with Crippen LogP contribution in [-0.4, -0.2) is 36.5 Å². The van der Waals surface area contributed by atoms with Gasteiger partial charge in [0.2, 0.25) is 0 Å². The van der Waals surface area contributed by atoms with Gasteiger partial charge in [0.05, 0.1) is 11.6 Å². The average Bonchev–Trinajstić information content (AvgIpc) is 2.85. The predicted molar refractivity (Wildman–Crippen MR) is 64.7 cm³/mol. The summed E-state index contributed by atoms with van der Waals surface area (Å²) in [5, 5.41) is 0. The number of likely N-dealkylation sites (N-methyl/N-ethyl adjacent to an activating group) is 1. The zero-order valence-electron chi connectivity index (χ0n) is 10.1. The Bertz CT molecular complexity index is 431.